The molecule has 1 fully saturated rings. The van der Waals surface area contributed by atoms with Crippen LogP contribution in [0.25, 0.3) is 0 Å². The van der Waals surface area contributed by atoms with E-state index in [0.29, 0.717) is 12.0 Å². The fraction of sp³-hybridized carbons (Fsp3) is 0.571. The summed E-state index contributed by atoms with van der Waals surface area (Å²) in [4.78, 5) is 0. The van der Waals surface area contributed by atoms with Crippen molar-refractivity contribution in [2.24, 2.45) is 5.92 Å². The SMILES string of the molecule is CC(CNC1CCC1)Cc1ccc(Br)cc1F. The number of benzene rings is 1. The predicted molar refractivity (Wildman–Crippen MR) is 72.6 cm³/mol. The molecule has 0 aliphatic heterocycles. The Kier molecular flexibility index (Phi) is 4.57. The highest BCUT2D eigenvalue weighted by molar-refractivity contribution is 9.10. The van der Waals surface area contributed by atoms with Crippen molar-refractivity contribution in [1.29, 1.82) is 0 Å². The Labute approximate surface area is 111 Å². The lowest BCUT2D eigenvalue weighted by atomic mass is 9.92. The van der Waals surface area contributed by atoms with Gasteiger partial charge >= 0.3 is 0 Å². The summed E-state index contributed by atoms with van der Waals surface area (Å²) in [5.74, 6) is 0.376. The molecule has 1 N–H and O–H groups in total. The van der Waals surface area contributed by atoms with E-state index in [1.807, 2.05) is 12.1 Å². The van der Waals surface area contributed by atoms with Gasteiger partial charge in [0.05, 0.1) is 0 Å². The molecule has 0 amide bonds. The van der Waals surface area contributed by atoms with Gasteiger partial charge < -0.3 is 5.32 Å². The third-order valence-electron chi connectivity index (χ3n) is 3.44. The summed E-state index contributed by atoms with van der Waals surface area (Å²) in [5.41, 5.74) is 0.816. The van der Waals surface area contributed by atoms with Gasteiger partial charge in [0.25, 0.3) is 0 Å². The van der Waals surface area contributed by atoms with E-state index in [2.05, 4.69) is 28.2 Å². The fourth-order valence-electron chi connectivity index (χ4n) is 2.12. The van der Waals surface area contributed by atoms with E-state index in [9.17, 15) is 4.39 Å². The molecular formula is C14H19BrFN. The number of hydrogen-bond donors (Lipinski definition) is 1. The van der Waals surface area contributed by atoms with E-state index in [-0.39, 0.29) is 5.82 Å². The van der Waals surface area contributed by atoms with E-state index < -0.39 is 0 Å². The third kappa shape index (κ3) is 3.78. The van der Waals surface area contributed by atoms with E-state index in [0.717, 1.165) is 23.0 Å². The average Bonchev–Trinajstić information content (AvgIpc) is 2.20. The minimum Gasteiger partial charge on any atom is -0.314 e. The molecule has 0 heterocycles. The van der Waals surface area contributed by atoms with Gasteiger partial charge in [-0.05, 0) is 49.4 Å². The van der Waals surface area contributed by atoms with E-state index in [4.69, 9.17) is 0 Å². The lowest BCUT2D eigenvalue weighted by Gasteiger charge is -2.28. The number of nitrogens with one attached hydrogen (secondary N) is 1. The van der Waals surface area contributed by atoms with E-state index in [1.165, 1.54) is 19.3 Å². The van der Waals surface area contributed by atoms with Crippen molar-refractivity contribution in [3.8, 4) is 0 Å². The summed E-state index contributed by atoms with van der Waals surface area (Å²) in [6.07, 6.45) is 4.77. The molecular weight excluding hydrogens is 281 g/mol. The smallest absolute Gasteiger partial charge is 0.127 e. The van der Waals surface area contributed by atoms with Gasteiger partial charge in [-0.1, -0.05) is 35.3 Å². The lowest BCUT2D eigenvalue weighted by molar-refractivity contribution is 0.320. The standard InChI is InChI=1S/C14H19BrFN/c1-10(9-17-13-3-2-4-13)7-11-5-6-12(15)8-14(11)16/h5-6,8,10,13,17H,2-4,7,9H2,1H3. The number of hydrogen-bond acceptors (Lipinski definition) is 1. The van der Waals surface area contributed by atoms with Gasteiger partial charge in [0.2, 0.25) is 0 Å². The highest BCUT2D eigenvalue weighted by Crippen LogP contribution is 2.20. The zero-order valence-corrected chi connectivity index (χ0v) is 11.8. The minimum atomic E-state index is -0.102. The van der Waals surface area contributed by atoms with Crippen molar-refractivity contribution >= 4 is 15.9 Å². The van der Waals surface area contributed by atoms with Crippen molar-refractivity contribution < 1.29 is 4.39 Å². The summed E-state index contributed by atoms with van der Waals surface area (Å²) < 4.78 is 14.4. The van der Waals surface area contributed by atoms with E-state index >= 15 is 0 Å². The molecule has 1 aromatic rings. The molecule has 0 aromatic heterocycles. The Hall–Kier alpha value is -0.410. The summed E-state index contributed by atoms with van der Waals surface area (Å²) in [7, 11) is 0. The maximum absolute atomic E-state index is 13.6. The summed E-state index contributed by atoms with van der Waals surface area (Å²) in [6, 6.07) is 6.04. The Morgan fingerprint density at radius 2 is 2.24 bits per heavy atom. The van der Waals surface area contributed by atoms with Gasteiger partial charge in [0.15, 0.2) is 0 Å². The van der Waals surface area contributed by atoms with Crippen LogP contribution in [0.5, 0.6) is 0 Å². The van der Waals surface area contributed by atoms with Crippen molar-refractivity contribution in [1.82, 2.24) is 5.32 Å². The first-order valence-electron chi connectivity index (χ1n) is 6.32. The molecule has 1 aliphatic carbocycles. The summed E-state index contributed by atoms with van der Waals surface area (Å²) in [6.45, 7) is 3.16. The normalized spacial score (nSPS) is 17.8. The second-order valence-electron chi connectivity index (χ2n) is 5.08. The monoisotopic (exact) mass is 299 g/mol. The molecule has 1 unspecified atom stereocenters. The Bertz CT molecular complexity index is 376. The second-order valence-corrected chi connectivity index (χ2v) is 6.00. The van der Waals surface area contributed by atoms with Crippen molar-refractivity contribution in [3.05, 3.63) is 34.1 Å². The van der Waals surface area contributed by atoms with Gasteiger partial charge in [0.1, 0.15) is 5.82 Å². The average molecular weight is 300 g/mol. The quantitative estimate of drug-likeness (QED) is 0.869. The van der Waals surface area contributed by atoms with E-state index in [1.54, 1.807) is 6.07 Å². The Morgan fingerprint density at radius 1 is 1.47 bits per heavy atom. The predicted octanol–water partition coefficient (Wildman–Crippen LogP) is 3.91. The molecule has 1 aliphatic rings. The molecule has 0 spiro atoms. The first-order valence-corrected chi connectivity index (χ1v) is 7.12. The molecule has 94 valence electrons. The summed E-state index contributed by atoms with van der Waals surface area (Å²) in [5, 5.41) is 3.54. The number of rotatable bonds is 5. The molecule has 0 bridgehead atoms. The molecule has 1 saturated carbocycles. The molecule has 3 heteroatoms. The molecule has 1 atom stereocenters. The van der Waals surface area contributed by atoms with Crippen LogP contribution in [-0.4, -0.2) is 12.6 Å². The lowest BCUT2D eigenvalue weighted by Crippen LogP contribution is -2.38. The molecule has 0 saturated heterocycles. The summed E-state index contributed by atoms with van der Waals surface area (Å²) >= 11 is 3.28. The molecule has 0 radical (unpaired) electrons. The second kappa shape index (κ2) is 5.96. The zero-order valence-electron chi connectivity index (χ0n) is 10.2. The Morgan fingerprint density at radius 3 is 2.82 bits per heavy atom. The van der Waals surface area contributed by atoms with Crippen LogP contribution >= 0.6 is 15.9 Å². The van der Waals surface area contributed by atoms with Gasteiger partial charge in [-0.15, -0.1) is 0 Å². The van der Waals surface area contributed by atoms with Crippen LogP contribution in [0.15, 0.2) is 22.7 Å². The van der Waals surface area contributed by atoms with Gasteiger partial charge in [-0.25, -0.2) is 4.39 Å². The first-order chi connectivity index (χ1) is 8.15. The van der Waals surface area contributed by atoms with Crippen LogP contribution in [0.2, 0.25) is 0 Å². The van der Waals surface area contributed by atoms with Crippen LogP contribution in [-0.2, 0) is 6.42 Å². The van der Waals surface area contributed by atoms with Crippen molar-refractivity contribution in [2.75, 3.05) is 6.54 Å². The van der Waals surface area contributed by atoms with Crippen LogP contribution in [0.1, 0.15) is 31.7 Å². The largest absolute Gasteiger partial charge is 0.314 e. The third-order valence-corrected chi connectivity index (χ3v) is 3.94. The molecule has 2 rings (SSSR count). The molecule has 17 heavy (non-hydrogen) atoms. The maximum atomic E-state index is 13.6. The minimum absolute atomic E-state index is 0.102. The van der Waals surface area contributed by atoms with Gasteiger partial charge in [-0.3, -0.25) is 0 Å². The topological polar surface area (TPSA) is 12.0 Å². The van der Waals surface area contributed by atoms with Crippen LogP contribution in [0.4, 0.5) is 4.39 Å². The Balaban J connectivity index is 1.81. The fourth-order valence-corrected chi connectivity index (χ4v) is 2.45. The molecule has 1 nitrogen and oxygen atoms in total. The van der Waals surface area contributed by atoms with Crippen LogP contribution < -0.4 is 5.32 Å². The molecule has 1 aromatic carbocycles. The number of halogens is 2. The van der Waals surface area contributed by atoms with Crippen molar-refractivity contribution in [3.63, 3.8) is 0 Å². The van der Waals surface area contributed by atoms with Gasteiger partial charge in [-0.2, -0.15) is 0 Å². The highest BCUT2D eigenvalue weighted by atomic mass is 79.9. The van der Waals surface area contributed by atoms with Gasteiger partial charge in [0, 0.05) is 10.5 Å². The van der Waals surface area contributed by atoms with Crippen LogP contribution in [0.3, 0.4) is 0 Å². The highest BCUT2D eigenvalue weighted by Gasteiger charge is 2.17. The van der Waals surface area contributed by atoms with Crippen molar-refractivity contribution in [2.45, 2.75) is 38.6 Å². The van der Waals surface area contributed by atoms with Crippen LogP contribution in [0, 0.1) is 11.7 Å². The first kappa shape index (κ1) is 13.0. The zero-order chi connectivity index (χ0) is 12.3. The maximum Gasteiger partial charge on any atom is 0.127 e.